The number of aromatic carboxylic acids is 1. The van der Waals surface area contributed by atoms with E-state index in [0.29, 0.717) is 0 Å². The minimum Gasteiger partial charge on any atom is -0.476 e. The second kappa shape index (κ2) is 6.13. The van der Waals surface area contributed by atoms with Crippen molar-refractivity contribution in [2.75, 3.05) is 0 Å². The van der Waals surface area contributed by atoms with Gasteiger partial charge >= 0.3 is 5.97 Å². The highest BCUT2D eigenvalue weighted by molar-refractivity contribution is 5.85. The van der Waals surface area contributed by atoms with Crippen LogP contribution in [0.25, 0.3) is 0 Å². The van der Waals surface area contributed by atoms with E-state index in [0.717, 1.165) is 12.8 Å². The highest BCUT2D eigenvalue weighted by Gasteiger charge is 2.20. The van der Waals surface area contributed by atoms with Gasteiger partial charge in [0.25, 0.3) is 0 Å². The second-order valence-electron chi connectivity index (χ2n) is 4.09. The number of carboxylic acids is 1. The number of aromatic nitrogens is 3. The van der Waals surface area contributed by atoms with Crippen molar-refractivity contribution in [1.82, 2.24) is 20.3 Å². The minimum atomic E-state index is -1.16. The summed E-state index contributed by atoms with van der Waals surface area (Å²) in [6.45, 7) is 5.65. The third kappa shape index (κ3) is 3.28. The van der Waals surface area contributed by atoms with Crippen LogP contribution in [0.4, 0.5) is 0 Å². The molecule has 1 unspecified atom stereocenters. The summed E-state index contributed by atoms with van der Waals surface area (Å²) < 4.78 is 1.25. The molecule has 1 heterocycles. The third-order valence-corrected chi connectivity index (χ3v) is 2.84. The van der Waals surface area contributed by atoms with Crippen molar-refractivity contribution in [3.8, 4) is 0 Å². The van der Waals surface area contributed by atoms with Crippen molar-refractivity contribution in [2.45, 2.75) is 45.7 Å². The Labute approximate surface area is 105 Å². The third-order valence-electron chi connectivity index (χ3n) is 2.84. The smallest absolute Gasteiger partial charge is 0.358 e. The Balaban J connectivity index is 2.70. The molecule has 7 heteroatoms. The van der Waals surface area contributed by atoms with E-state index in [4.69, 9.17) is 5.11 Å². The summed E-state index contributed by atoms with van der Waals surface area (Å²) in [5.74, 6) is -1.35. The molecule has 100 valence electrons. The van der Waals surface area contributed by atoms with Gasteiger partial charge in [0.05, 0.1) is 6.20 Å². The average Bonchev–Trinajstić information content (AvgIpc) is 2.84. The van der Waals surface area contributed by atoms with Gasteiger partial charge in [-0.25, -0.2) is 9.48 Å². The van der Waals surface area contributed by atoms with Crippen molar-refractivity contribution in [3.05, 3.63) is 11.9 Å². The minimum absolute atomic E-state index is 0.127. The van der Waals surface area contributed by atoms with Gasteiger partial charge in [-0.1, -0.05) is 19.1 Å². The number of hydrogen-bond acceptors (Lipinski definition) is 4. The van der Waals surface area contributed by atoms with E-state index < -0.39 is 12.0 Å². The van der Waals surface area contributed by atoms with E-state index >= 15 is 0 Å². The fourth-order valence-electron chi connectivity index (χ4n) is 1.50. The topological polar surface area (TPSA) is 97.1 Å². The van der Waals surface area contributed by atoms with Crippen LogP contribution < -0.4 is 5.32 Å². The van der Waals surface area contributed by atoms with Crippen LogP contribution in [0.2, 0.25) is 0 Å². The first-order valence-corrected chi connectivity index (χ1v) is 5.95. The van der Waals surface area contributed by atoms with Gasteiger partial charge in [0.1, 0.15) is 6.04 Å². The lowest BCUT2D eigenvalue weighted by atomic mass is 10.1. The first-order chi connectivity index (χ1) is 8.49. The predicted octanol–water partition coefficient (Wildman–Crippen LogP) is 0.842. The second-order valence-corrected chi connectivity index (χ2v) is 4.09. The fraction of sp³-hybridized carbons (Fsp3) is 0.636. The largest absolute Gasteiger partial charge is 0.476 e. The number of nitrogens with one attached hydrogen (secondary N) is 1. The summed E-state index contributed by atoms with van der Waals surface area (Å²) in [7, 11) is 0. The Morgan fingerprint density at radius 1 is 1.44 bits per heavy atom. The maximum absolute atomic E-state index is 11.9. The van der Waals surface area contributed by atoms with Gasteiger partial charge in [-0.15, -0.1) is 5.10 Å². The van der Waals surface area contributed by atoms with Crippen LogP contribution in [0.1, 0.15) is 50.1 Å². The van der Waals surface area contributed by atoms with E-state index in [9.17, 15) is 9.59 Å². The monoisotopic (exact) mass is 254 g/mol. The normalized spacial score (nSPS) is 12.4. The number of carbonyl (C=O) groups excluding carboxylic acids is 1. The average molecular weight is 254 g/mol. The van der Waals surface area contributed by atoms with Crippen LogP contribution in [0.15, 0.2) is 6.20 Å². The number of nitrogens with zero attached hydrogens (tertiary/aromatic N) is 3. The number of rotatable bonds is 6. The molecule has 1 atom stereocenters. The molecule has 0 fully saturated rings. The molecule has 2 N–H and O–H groups in total. The molecule has 0 aliphatic heterocycles. The van der Waals surface area contributed by atoms with Gasteiger partial charge in [0.15, 0.2) is 5.69 Å². The molecule has 1 amide bonds. The summed E-state index contributed by atoms with van der Waals surface area (Å²) in [5.41, 5.74) is -0.169. The maximum atomic E-state index is 11.9. The highest BCUT2D eigenvalue weighted by atomic mass is 16.4. The molecule has 1 aromatic heterocycles. The van der Waals surface area contributed by atoms with E-state index in [1.54, 1.807) is 6.92 Å². The van der Waals surface area contributed by atoms with Gasteiger partial charge in [0, 0.05) is 6.04 Å². The Morgan fingerprint density at radius 2 is 2.06 bits per heavy atom. The standard InChI is InChI=1S/C11H18N4O3/c1-4-8(5-2)12-10(16)7(3)15-6-9(11(17)18)13-14-15/h6-8H,4-5H2,1-3H3,(H,12,16)(H,17,18). The van der Waals surface area contributed by atoms with E-state index in [1.165, 1.54) is 10.9 Å². The molecule has 1 rings (SSSR count). The van der Waals surface area contributed by atoms with Crippen molar-refractivity contribution < 1.29 is 14.7 Å². The molecular weight excluding hydrogens is 236 g/mol. The fourth-order valence-corrected chi connectivity index (χ4v) is 1.50. The summed E-state index contributed by atoms with van der Waals surface area (Å²) in [5, 5.41) is 18.7. The quantitative estimate of drug-likeness (QED) is 0.784. The molecule has 0 saturated carbocycles. The van der Waals surface area contributed by atoms with Gasteiger partial charge in [-0.05, 0) is 19.8 Å². The Kier molecular flexibility index (Phi) is 4.82. The molecule has 0 aromatic carbocycles. The van der Waals surface area contributed by atoms with Gasteiger partial charge < -0.3 is 10.4 Å². The van der Waals surface area contributed by atoms with Crippen molar-refractivity contribution in [2.24, 2.45) is 0 Å². The van der Waals surface area contributed by atoms with Crippen LogP contribution in [0.3, 0.4) is 0 Å². The molecule has 18 heavy (non-hydrogen) atoms. The number of carboxylic acid groups (broad SMARTS) is 1. The highest BCUT2D eigenvalue weighted by Crippen LogP contribution is 2.07. The maximum Gasteiger partial charge on any atom is 0.358 e. The first-order valence-electron chi connectivity index (χ1n) is 5.95. The lowest BCUT2D eigenvalue weighted by molar-refractivity contribution is -0.124. The Bertz CT molecular complexity index is 426. The number of amides is 1. The Hall–Kier alpha value is -1.92. The summed E-state index contributed by atoms with van der Waals surface area (Å²) >= 11 is 0. The molecule has 0 aliphatic rings. The molecule has 0 aliphatic carbocycles. The van der Waals surface area contributed by atoms with Gasteiger partial charge in [-0.3, -0.25) is 4.79 Å². The summed E-state index contributed by atoms with van der Waals surface area (Å²) in [6, 6.07) is -0.450. The van der Waals surface area contributed by atoms with Gasteiger partial charge in [0.2, 0.25) is 5.91 Å². The van der Waals surface area contributed by atoms with Crippen LogP contribution in [-0.2, 0) is 4.79 Å². The van der Waals surface area contributed by atoms with E-state index in [2.05, 4.69) is 15.6 Å². The zero-order chi connectivity index (χ0) is 13.7. The first kappa shape index (κ1) is 14.1. The molecule has 1 aromatic rings. The SMILES string of the molecule is CCC(CC)NC(=O)C(C)n1cc(C(=O)O)nn1. The summed E-state index contributed by atoms with van der Waals surface area (Å²) in [4.78, 5) is 22.6. The zero-order valence-electron chi connectivity index (χ0n) is 10.8. The van der Waals surface area contributed by atoms with Gasteiger partial charge in [-0.2, -0.15) is 0 Å². The van der Waals surface area contributed by atoms with E-state index in [-0.39, 0.29) is 17.6 Å². The summed E-state index contributed by atoms with van der Waals surface area (Å²) in [6.07, 6.45) is 2.96. The van der Waals surface area contributed by atoms with Crippen molar-refractivity contribution >= 4 is 11.9 Å². The Morgan fingerprint density at radius 3 is 2.50 bits per heavy atom. The van der Waals surface area contributed by atoms with Crippen LogP contribution in [0, 0.1) is 0 Å². The van der Waals surface area contributed by atoms with Crippen LogP contribution in [-0.4, -0.2) is 38.0 Å². The molecular formula is C11H18N4O3. The van der Waals surface area contributed by atoms with Crippen LogP contribution >= 0.6 is 0 Å². The molecule has 0 bridgehead atoms. The van der Waals surface area contributed by atoms with Crippen molar-refractivity contribution in [3.63, 3.8) is 0 Å². The molecule has 0 saturated heterocycles. The lowest BCUT2D eigenvalue weighted by Gasteiger charge is -2.18. The van der Waals surface area contributed by atoms with E-state index in [1.807, 2.05) is 13.8 Å². The molecule has 7 nitrogen and oxygen atoms in total. The predicted molar refractivity (Wildman–Crippen MR) is 64.2 cm³/mol. The lowest BCUT2D eigenvalue weighted by Crippen LogP contribution is -2.38. The number of carbonyl (C=O) groups is 2. The molecule has 0 radical (unpaired) electrons. The van der Waals surface area contributed by atoms with Crippen LogP contribution in [0.5, 0.6) is 0 Å². The number of hydrogen-bond donors (Lipinski definition) is 2. The molecule has 0 spiro atoms. The van der Waals surface area contributed by atoms with Crippen molar-refractivity contribution in [1.29, 1.82) is 0 Å². The zero-order valence-corrected chi connectivity index (χ0v) is 10.8.